The molecular weight excluding hydrogens is 966 g/mol. The molecule has 0 saturated carbocycles. The van der Waals surface area contributed by atoms with Crippen molar-refractivity contribution in [3.8, 4) is 22.6 Å². The van der Waals surface area contributed by atoms with Gasteiger partial charge in [-0.25, -0.2) is 28.5 Å². The fourth-order valence-corrected chi connectivity index (χ4v) is 8.27. The Balaban J connectivity index is 0.986. The number of H-pyrrole nitrogens is 1. The maximum atomic E-state index is 14.8. The number of imide groups is 1. The molecule has 0 fully saturated rings. The SMILES string of the molecule is Cc1cccc(-c2[nH]c(CN(CCc3ccccc3F)C(=O)OCc3ccc(NC(=O)C(CCCNC(N)=O)NC(=O)C(NC(=O)CCCCCN4C(=O)C=CC4=O)C(C)C)cc3)nc2-c2ccc3ncnn3c2)n1. The number of imidazole rings is 1. The number of hydrogen-bond donors (Lipinski definition) is 6. The fourth-order valence-electron chi connectivity index (χ4n) is 8.27. The third-order valence-electron chi connectivity index (χ3n) is 12.3. The number of aromatic nitrogens is 6. The highest BCUT2D eigenvalue weighted by Gasteiger charge is 2.30. The van der Waals surface area contributed by atoms with Crippen LogP contribution in [-0.4, -0.2) is 113 Å². The first kappa shape index (κ1) is 54.0. The summed E-state index contributed by atoms with van der Waals surface area (Å²) in [6, 6.07) is 19.4. The predicted octanol–water partition coefficient (Wildman–Crippen LogP) is 5.51. The maximum absolute atomic E-state index is 14.8. The second kappa shape index (κ2) is 25.7. The number of carbonyl (C=O) groups is 7. The topological polar surface area (TPSA) is 281 Å². The Labute approximate surface area is 431 Å². The van der Waals surface area contributed by atoms with Gasteiger partial charge in [-0.05, 0) is 98.5 Å². The summed E-state index contributed by atoms with van der Waals surface area (Å²) < 4.78 is 22.3. The van der Waals surface area contributed by atoms with Crippen LogP contribution in [0.5, 0.6) is 0 Å². The lowest BCUT2D eigenvalue weighted by Gasteiger charge is -2.25. The quantitative estimate of drug-likeness (QED) is 0.0306. The van der Waals surface area contributed by atoms with Gasteiger partial charge in [0.25, 0.3) is 11.8 Å². The van der Waals surface area contributed by atoms with Crippen LogP contribution in [0.15, 0.2) is 104 Å². The molecule has 1 aliphatic rings. The molecule has 0 saturated heterocycles. The molecule has 0 spiro atoms. The second-order valence-electron chi connectivity index (χ2n) is 18.3. The minimum absolute atomic E-state index is 0.0314. The van der Waals surface area contributed by atoms with Crippen molar-refractivity contribution in [3.63, 3.8) is 0 Å². The van der Waals surface area contributed by atoms with Crippen molar-refractivity contribution >= 4 is 53.0 Å². The van der Waals surface area contributed by atoms with Crippen LogP contribution in [0.25, 0.3) is 28.3 Å². The van der Waals surface area contributed by atoms with Crippen LogP contribution in [0.1, 0.15) is 75.0 Å². The first-order valence-corrected chi connectivity index (χ1v) is 24.7. The summed E-state index contributed by atoms with van der Waals surface area (Å²) in [5.74, 6) is -2.58. The van der Waals surface area contributed by atoms with E-state index in [1.807, 2.05) is 37.3 Å². The minimum Gasteiger partial charge on any atom is -0.445 e. The molecule has 0 radical (unpaired) electrons. The van der Waals surface area contributed by atoms with Crippen molar-refractivity contribution < 1.29 is 42.7 Å². The molecule has 21 nitrogen and oxygen atoms in total. The Kier molecular flexibility index (Phi) is 18.5. The van der Waals surface area contributed by atoms with Crippen LogP contribution in [0.2, 0.25) is 0 Å². The van der Waals surface area contributed by atoms with Crippen molar-refractivity contribution in [1.82, 2.24) is 55.3 Å². The molecule has 5 heterocycles. The Bertz CT molecular complexity index is 3030. The molecular formula is C53H60FN13O8. The van der Waals surface area contributed by atoms with E-state index in [2.05, 4.69) is 36.3 Å². The number of pyridine rings is 2. The van der Waals surface area contributed by atoms with E-state index in [9.17, 15) is 38.0 Å². The van der Waals surface area contributed by atoms with Crippen LogP contribution >= 0.6 is 0 Å². The standard InChI is InChI=1S/C53H60FN13O8/c1-33(2)47(64-44(68)16-5-4-8-27-66-45(69)23-24-46(66)70)51(72)61-41(15-10-26-56-52(55)73)50(71)60-38-20-17-35(18-21-38)31-75-53(74)65(28-25-36-12-6-7-13-39(36)54)30-42-62-48(37-19-22-43-57-32-58-67(43)29-37)49(63-42)40-14-9-11-34(3)59-40/h6-7,9,11-14,17-24,29,32-33,41,47H,4-5,8,10,15-16,25-28,30-31H2,1-3H3,(H,60,71)(H,61,72)(H,62,63)(H,64,68)(H3,55,56,73). The molecule has 2 atom stereocenters. The van der Waals surface area contributed by atoms with Crippen LogP contribution in [0, 0.1) is 18.7 Å². The van der Waals surface area contributed by atoms with Crippen LogP contribution in [0.4, 0.5) is 19.7 Å². The number of aromatic amines is 1. The number of nitrogens with one attached hydrogen (secondary N) is 5. The molecule has 1 aliphatic heterocycles. The van der Waals surface area contributed by atoms with Crippen molar-refractivity contribution in [2.75, 3.05) is 25.0 Å². The third kappa shape index (κ3) is 15.1. The van der Waals surface area contributed by atoms with Crippen LogP contribution in [-0.2, 0) is 48.3 Å². The Hall–Kier alpha value is -8.82. The number of hydrogen-bond acceptors (Lipinski definition) is 12. The number of fused-ring (bicyclic) bond motifs is 1. The predicted molar refractivity (Wildman–Crippen MR) is 274 cm³/mol. The molecule has 4 aromatic heterocycles. The lowest BCUT2D eigenvalue weighted by atomic mass is 10.0. The number of halogens is 1. The largest absolute Gasteiger partial charge is 0.445 e. The number of nitrogens with two attached hydrogens (primary N) is 1. The highest BCUT2D eigenvalue weighted by molar-refractivity contribution is 6.12. The Morgan fingerprint density at radius 3 is 2.37 bits per heavy atom. The molecule has 2 unspecified atom stereocenters. The van der Waals surface area contributed by atoms with E-state index < -0.39 is 41.8 Å². The number of unbranched alkanes of at least 4 members (excludes halogenated alkanes) is 2. The van der Waals surface area contributed by atoms with Gasteiger partial charge in [-0.2, -0.15) is 5.10 Å². The number of nitrogens with zero attached hydrogens (tertiary/aromatic N) is 7. The van der Waals surface area contributed by atoms with Gasteiger partial charge in [-0.1, -0.05) is 56.7 Å². The smallest absolute Gasteiger partial charge is 0.410 e. The van der Waals surface area contributed by atoms with Crippen molar-refractivity contribution in [2.24, 2.45) is 11.7 Å². The van der Waals surface area contributed by atoms with Gasteiger partial charge < -0.3 is 41.6 Å². The number of rotatable bonds is 25. The summed E-state index contributed by atoms with van der Waals surface area (Å²) in [6.07, 6.45) is 7.23. The number of urea groups is 1. The average molecular weight is 1030 g/mol. The molecule has 0 bridgehead atoms. The Morgan fingerprint density at radius 1 is 0.867 bits per heavy atom. The molecule has 6 aromatic rings. The molecule has 75 heavy (non-hydrogen) atoms. The van der Waals surface area contributed by atoms with Gasteiger partial charge in [0.2, 0.25) is 17.7 Å². The fraction of sp³-hybridized carbons (Fsp3) is 0.340. The van der Waals surface area contributed by atoms with Gasteiger partial charge in [0.15, 0.2) is 5.65 Å². The summed E-state index contributed by atoms with van der Waals surface area (Å²) in [5.41, 5.74) is 10.6. The number of ether oxygens (including phenoxy) is 1. The van der Waals surface area contributed by atoms with Gasteiger partial charge in [0, 0.05) is 61.3 Å². The summed E-state index contributed by atoms with van der Waals surface area (Å²) in [4.78, 5) is 109. The van der Waals surface area contributed by atoms with Gasteiger partial charge in [-0.3, -0.25) is 33.9 Å². The number of benzene rings is 2. The highest BCUT2D eigenvalue weighted by Crippen LogP contribution is 2.30. The second-order valence-corrected chi connectivity index (χ2v) is 18.3. The zero-order chi connectivity index (χ0) is 53.4. The average Bonchev–Trinajstić information content (AvgIpc) is 4.13. The molecule has 2 aromatic carbocycles. The first-order valence-electron chi connectivity index (χ1n) is 24.7. The number of anilines is 1. The van der Waals surface area contributed by atoms with E-state index in [1.165, 1.54) is 29.4 Å². The first-order chi connectivity index (χ1) is 36.1. The van der Waals surface area contributed by atoms with E-state index in [0.29, 0.717) is 64.6 Å². The molecule has 22 heteroatoms. The zero-order valence-corrected chi connectivity index (χ0v) is 41.9. The summed E-state index contributed by atoms with van der Waals surface area (Å²) in [7, 11) is 0. The number of carbonyl (C=O) groups excluding carboxylic acids is 7. The van der Waals surface area contributed by atoms with Crippen molar-refractivity contribution in [2.45, 2.75) is 91.0 Å². The molecule has 7 rings (SSSR count). The van der Waals surface area contributed by atoms with Crippen LogP contribution < -0.4 is 27.0 Å². The van der Waals surface area contributed by atoms with E-state index in [0.717, 1.165) is 16.2 Å². The van der Waals surface area contributed by atoms with Crippen molar-refractivity contribution in [1.29, 1.82) is 0 Å². The number of aryl methyl sites for hydroxylation is 1. The molecule has 0 aliphatic carbocycles. The van der Waals surface area contributed by atoms with Gasteiger partial charge in [0.05, 0.1) is 23.6 Å². The third-order valence-corrected chi connectivity index (χ3v) is 12.3. The number of primary amides is 1. The van der Waals surface area contributed by atoms with E-state index in [-0.39, 0.29) is 82.1 Å². The normalized spacial score (nSPS) is 12.9. The number of amides is 8. The van der Waals surface area contributed by atoms with Gasteiger partial charge in [0.1, 0.15) is 36.7 Å². The van der Waals surface area contributed by atoms with Gasteiger partial charge in [-0.15, -0.1) is 0 Å². The lowest BCUT2D eigenvalue weighted by Crippen LogP contribution is -2.54. The van der Waals surface area contributed by atoms with Crippen LogP contribution in [0.3, 0.4) is 0 Å². The molecule has 8 amide bonds. The Morgan fingerprint density at radius 2 is 1.64 bits per heavy atom. The lowest BCUT2D eigenvalue weighted by molar-refractivity contribution is -0.137. The maximum Gasteiger partial charge on any atom is 0.410 e. The zero-order valence-electron chi connectivity index (χ0n) is 41.9. The molecule has 7 N–H and O–H groups in total. The molecule has 392 valence electrons. The summed E-state index contributed by atoms with van der Waals surface area (Å²) in [5, 5.41) is 15.1. The van der Waals surface area contributed by atoms with Crippen molar-refractivity contribution in [3.05, 3.63) is 132 Å². The highest BCUT2D eigenvalue weighted by atomic mass is 19.1. The minimum atomic E-state index is -1.08. The van der Waals surface area contributed by atoms with E-state index in [1.54, 1.807) is 67.0 Å². The summed E-state index contributed by atoms with van der Waals surface area (Å²) >= 11 is 0. The van der Waals surface area contributed by atoms with Gasteiger partial charge >= 0.3 is 12.1 Å². The monoisotopic (exact) mass is 1030 g/mol. The summed E-state index contributed by atoms with van der Waals surface area (Å²) in [6.45, 7) is 5.68. The van der Waals surface area contributed by atoms with E-state index >= 15 is 0 Å². The van der Waals surface area contributed by atoms with E-state index in [4.69, 9.17) is 20.4 Å².